The van der Waals surface area contributed by atoms with E-state index in [-0.39, 0.29) is 12.1 Å². The summed E-state index contributed by atoms with van der Waals surface area (Å²) in [7, 11) is -1.94. The lowest BCUT2D eigenvalue weighted by atomic mass is 10.1. The van der Waals surface area contributed by atoms with E-state index in [1.54, 1.807) is 19.2 Å². The molecule has 0 aliphatic carbocycles. The first-order chi connectivity index (χ1) is 11.9. The van der Waals surface area contributed by atoms with Crippen molar-refractivity contribution in [2.24, 2.45) is 0 Å². The van der Waals surface area contributed by atoms with E-state index in [1.807, 2.05) is 50.2 Å². The van der Waals surface area contributed by atoms with Crippen molar-refractivity contribution in [1.82, 2.24) is 4.31 Å². The summed E-state index contributed by atoms with van der Waals surface area (Å²) in [6.07, 6.45) is -0.290. The van der Waals surface area contributed by atoms with Gasteiger partial charge in [-0.05, 0) is 43.7 Å². The maximum absolute atomic E-state index is 13.0. The van der Waals surface area contributed by atoms with Crippen LogP contribution in [0, 0.1) is 6.92 Å². The molecule has 2 unspecified atom stereocenters. The highest BCUT2D eigenvalue weighted by Crippen LogP contribution is 2.30. The van der Waals surface area contributed by atoms with Crippen LogP contribution in [0.2, 0.25) is 0 Å². The van der Waals surface area contributed by atoms with Crippen molar-refractivity contribution in [2.75, 3.05) is 20.3 Å². The van der Waals surface area contributed by atoms with Crippen LogP contribution in [-0.4, -0.2) is 39.0 Å². The van der Waals surface area contributed by atoms with E-state index in [9.17, 15) is 8.42 Å². The lowest BCUT2D eigenvalue weighted by Crippen LogP contribution is -2.48. The van der Waals surface area contributed by atoms with E-state index in [0.29, 0.717) is 18.0 Å². The van der Waals surface area contributed by atoms with Gasteiger partial charge in [0.1, 0.15) is 5.75 Å². The molecule has 25 heavy (non-hydrogen) atoms. The van der Waals surface area contributed by atoms with Crippen LogP contribution in [-0.2, 0) is 14.8 Å². The smallest absolute Gasteiger partial charge is 0.243 e. The summed E-state index contributed by atoms with van der Waals surface area (Å²) in [6, 6.07) is 14.3. The molecule has 0 saturated carbocycles. The Hall–Kier alpha value is -1.89. The van der Waals surface area contributed by atoms with Gasteiger partial charge in [-0.1, -0.05) is 29.8 Å². The highest BCUT2D eigenvalue weighted by Gasteiger charge is 2.36. The van der Waals surface area contributed by atoms with Crippen molar-refractivity contribution in [1.29, 1.82) is 0 Å². The molecular weight excluding hydrogens is 338 g/mol. The number of nitrogens with zero attached hydrogens (tertiary/aromatic N) is 1. The molecule has 0 bridgehead atoms. The van der Waals surface area contributed by atoms with E-state index >= 15 is 0 Å². The fourth-order valence-corrected chi connectivity index (χ4v) is 4.55. The SMILES string of the molecule is COc1ccc(C2CN(S(=O)(=O)c3ccc(C)cc3)C(C)CO2)cc1. The molecule has 0 N–H and O–H groups in total. The molecule has 134 valence electrons. The average molecular weight is 361 g/mol. The minimum Gasteiger partial charge on any atom is -0.497 e. The second-order valence-corrected chi connectivity index (χ2v) is 8.22. The minimum absolute atomic E-state index is 0.208. The van der Waals surface area contributed by atoms with Gasteiger partial charge in [-0.3, -0.25) is 0 Å². The van der Waals surface area contributed by atoms with Gasteiger partial charge < -0.3 is 9.47 Å². The number of hydrogen-bond acceptors (Lipinski definition) is 4. The van der Waals surface area contributed by atoms with Crippen molar-refractivity contribution in [3.8, 4) is 5.75 Å². The zero-order chi connectivity index (χ0) is 18.0. The number of benzene rings is 2. The van der Waals surface area contributed by atoms with Crippen molar-refractivity contribution < 1.29 is 17.9 Å². The Morgan fingerprint density at radius 1 is 1.08 bits per heavy atom. The van der Waals surface area contributed by atoms with Crippen LogP contribution in [0.15, 0.2) is 53.4 Å². The first-order valence-electron chi connectivity index (χ1n) is 8.26. The Bertz CT molecular complexity index is 816. The molecule has 1 fully saturated rings. The molecule has 1 aliphatic rings. The van der Waals surface area contributed by atoms with Gasteiger partial charge in [-0.2, -0.15) is 4.31 Å². The van der Waals surface area contributed by atoms with E-state index in [1.165, 1.54) is 4.31 Å². The maximum atomic E-state index is 13.0. The first kappa shape index (κ1) is 17.9. The highest BCUT2D eigenvalue weighted by atomic mass is 32.2. The minimum atomic E-state index is -3.55. The van der Waals surface area contributed by atoms with Crippen LogP contribution in [0.1, 0.15) is 24.2 Å². The standard InChI is InChI=1S/C19H23NO4S/c1-14-4-10-18(11-5-14)25(21,22)20-12-19(24-13-15(20)2)16-6-8-17(23-3)9-7-16/h4-11,15,19H,12-13H2,1-3H3. The van der Waals surface area contributed by atoms with Gasteiger partial charge in [0.2, 0.25) is 10.0 Å². The number of hydrogen-bond donors (Lipinski definition) is 0. The molecule has 1 aliphatic heterocycles. The number of ether oxygens (including phenoxy) is 2. The largest absolute Gasteiger partial charge is 0.497 e. The zero-order valence-electron chi connectivity index (χ0n) is 14.7. The van der Waals surface area contributed by atoms with Crippen LogP contribution >= 0.6 is 0 Å². The summed E-state index contributed by atoms with van der Waals surface area (Å²) >= 11 is 0. The zero-order valence-corrected chi connectivity index (χ0v) is 15.5. The third-order valence-electron chi connectivity index (χ3n) is 4.49. The lowest BCUT2D eigenvalue weighted by molar-refractivity contribution is -0.0288. The van der Waals surface area contributed by atoms with Crippen LogP contribution < -0.4 is 4.74 Å². The first-order valence-corrected chi connectivity index (χ1v) is 9.70. The summed E-state index contributed by atoms with van der Waals surface area (Å²) in [5, 5.41) is 0. The lowest BCUT2D eigenvalue weighted by Gasteiger charge is -2.37. The molecule has 1 heterocycles. The second kappa shape index (κ2) is 7.15. The Morgan fingerprint density at radius 3 is 2.32 bits per heavy atom. The van der Waals surface area contributed by atoms with Crippen molar-refractivity contribution in [2.45, 2.75) is 30.9 Å². The van der Waals surface area contributed by atoms with Gasteiger partial charge in [0.25, 0.3) is 0 Å². The van der Waals surface area contributed by atoms with Crippen LogP contribution in [0.25, 0.3) is 0 Å². The molecular formula is C19H23NO4S. The number of sulfonamides is 1. The topological polar surface area (TPSA) is 55.8 Å². The Kier molecular flexibility index (Phi) is 5.13. The third-order valence-corrected chi connectivity index (χ3v) is 6.49. The van der Waals surface area contributed by atoms with Crippen molar-refractivity contribution >= 4 is 10.0 Å². The Labute approximate surface area is 149 Å². The van der Waals surface area contributed by atoms with Gasteiger partial charge >= 0.3 is 0 Å². The predicted octanol–water partition coefficient (Wildman–Crippen LogP) is 3.15. The molecule has 0 amide bonds. The predicted molar refractivity (Wildman–Crippen MR) is 96.2 cm³/mol. The average Bonchev–Trinajstić information content (AvgIpc) is 2.62. The number of rotatable bonds is 4. The monoisotopic (exact) mass is 361 g/mol. The molecule has 5 nitrogen and oxygen atoms in total. The maximum Gasteiger partial charge on any atom is 0.243 e. The summed E-state index contributed by atoms with van der Waals surface area (Å²) in [6.45, 7) is 4.47. The molecule has 2 aromatic rings. The fraction of sp³-hybridized carbons (Fsp3) is 0.368. The molecule has 2 atom stereocenters. The summed E-state index contributed by atoms with van der Waals surface area (Å²) in [4.78, 5) is 0.320. The van der Waals surface area contributed by atoms with Gasteiger partial charge in [0, 0.05) is 12.6 Å². The fourth-order valence-electron chi connectivity index (χ4n) is 2.94. The van der Waals surface area contributed by atoms with Crippen LogP contribution in [0.4, 0.5) is 0 Å². The van der Waals surface area contributed by atoms with E-state index in [4.69, 9.17) is 9.47 Å². The molecule has 0 aromatic heterocycles. The number of aryl methyl sites for hydroxylation is 1. The molecule has 0 spiro atoms. The van der Waals surface area contributed by atoms with Crippen LogP contribution in [0.3, 0.4) is 0 Å². The molecule has 2 aromatic carbocycles. The van der Waals surface area contributed by atoms with Crippen molar-refractivity contribution in [3.63, 3.8) is 0 Å². The molecule has 0 radical (unpaired) electrons. The number of methoxy groups -OCH3 is 1. The quantitative estimate of drug-likeness (QED) is 0.839. The van der Waals surface area contributed by atoms with Crippen LogP contribution in [0.5, 0.6) is 5.75 Å². The van der Waals surface area contributed by atoms with E-state index < -0.39 is 10.0 Å². The summed E-state index contributed by atoms with van der Waals surface area (Å²) in [5.74, 6) is 0.761. The molecule has 3 rings (SSSR count). The second-order valence-electron chi connectivity index (χ2n) is 6.33. The highest BCUT2D eigenvalue weighted by molar-refractivity contribution is 7.89. The normalized spacial score (nSPS) is 21.9. The van der Waals surface area contributed by atoms with Crippen molar-refractivity contribution in [3.05, 3.63) is 59.7 Å². The molecule has 1 saturated heterocycles. The van der Waals surface area contributed by atoms with Gasteiger partial charge in [0.15, 0.2) is 0 Å². The third kappa shape index (κ3) is 3.71. The van der Waals surface area contributed by atoms with Gasteiger partial charge in [-0.15, -0.1) is 0 Å². The Balaban J connectivity index is 1.85. The summed E-state index contributed by atoms with van der Waals surface area (Å²) < 4.78 is 38.7. The number of morpholine rings is 1. The van der Waals surface area contributed by atoms with Gasteiger partial charge in [-0.25, -0.2) is 8.42 Å². The van der Waals surface area contributed by atoms with E-state index in [0.717, 1.165) is 16.9 Å². The van der Waals surface area contributed by atoms with E-state index in [2.05, 4.69) is 0 Å². The van der Waals surface area contributed by atoms with Gasteiger partial charge in [0.05, 0.1) is 24.7 Å². The Morgan fingerprint density at radius 2 is 1.72 bits per heavy atom. The summed E-state index contributed by atoms with van der Waals surface area (Å²) in [5.41, 5.74) is 1.97. The molecule has 6 heteroatoms.